The van der Waals surface area contributed by atoms with Crippen LogP contribution in [0, 0.1) is 0 Å². The van der Waals surface area contributed by atoms with Gasteiger partial charge in [-0.25, -0.2) is 0 Å². The summed E-state index contributed by atoms with van der Waals surface area (Å²) in [6.45, 7) is 8.60. The Morgan fingerprint density at radius 2 is 1.60 bits per heavy atom. The van der Waals surface area contributed by atoms with Crippen LogP contribution in [0.25, 0.3) is 0 Å². The minimum absolute atomic E-state index is 0.219. The van der Waals surface area contributed by atoms with Crippen molar-refractivity contribution in [3.63, 3.8) is 0 Å². The molecular weight excluding hydrogens is 397 g/mol. The van der Waals surface area contributed by atoms with Crippen molar-refractivity contribution in [1.29, 1.82) is 0 Å². The highest BCUT2D eigenvalue weighted by molar-refractivity contribution is 9.10. The summed E-state index contributed by atoms with van der Waals surface area (Å²) < 4.78 is 10.2. The van der Waals surface area contributed by atoms with Crippen LogP contribution < -0.4 is 4.89 Å². The molecule has 138 valence electrons. The largest absolute Gasteiger partial charge is 0.630 e. The van der Waals surface area contributed by atoms with Gasteiger partial charge in [0.2, 0.25) is 7.94 Å². The van der Waals surface area contributed by atoms with E-state index in [0.717, 1.165) is 22.9 Å². The van der Waals surface area contributed by atoms with Gasteiger partial charge >= 0.3 is 0 Å². The van der Waals surface area contributed by atoms with Gasteiger partial charge in [-0.1, -0.05) is 47.0 Å². The van der Waals surface area contributed by atoms with Gasteiger partial charge < -0.3 is 4.89 Å². The lowest BCUT2D eigenvalue weighted by Crippen LogP contribution is -2.43. The Bertz CT molecular complexity index is 613. The molecule has 1 saturated heterocycles. The van der Waals surface area contributed by atoms with Crippen LogP contribution >= 0.6 is 23.9 Å². The van der Waals surface area contributed by atoms with Gasteiger partial charge in [0.05, 0.1) is 18.3 Å². The third kappa shape index (κ3) is 3.59. The molecule has 4 nitrogen and oxygen atoms in total. The van der Waals surface area contributed by atoms with Crippen molar-refractivity contribution in [3.05, 3.63) is 34.3 Å². The van der Waals surface area contributed by atoms with E-state index in [1.54, 1.807) is 6.21 Å². The van der Waals surface area contributed by atoms with E-state index < -0.39 is 7.94 Å². The molecule has 0 unspecified atom stereocenters. The Morgan fingerprint density at radius 1 is 1.08 bits per heavy atom. The van der Waals surface area contributed by atoms with Crippen molar-refractivity contribution >= 4 is 30.1 Å². The first-order chi connectivity index (χ1) is 11.9. The van der Waals surface area contributed by atoms with Crippen molar-refractivity contribution in [3.8, 4) is 0 Å². The lowest BCUT2D eigenvalue weighted by atomic mass is 9.89. The highest BCUT2D eigenvalue weighted by Crippen LogP contribution is 2.69. The summed E-state index contributed by atoms with van der Waals surface area (Å²) in [6, 6.07) is 9.12. The van der Waals surface area contributed by atoms with Crippen LogP contribution in [0.5, 0.6) is 0 Å². The molecule has 1 saturated carbocycles. The lowest BCUT2D eigenvalue weighted by molar-refractivity contribution is -0.193. The average Bonchev–Trinajstić information content (AvgIpc) is 2.82. The van der Waals surface area contributed by atoms with Crippen molar-refractivity contribution in [2.45, 2.75) is 77.5 Å². The fraction of sp³-hybridized carbons (Fsp3) is 0.632. The molecule has 0 bridgehead atoms. The molecule has 1 aliphatic heterocycles. The number of benzene rings is 1. The zero-order chi connectivity index (χ0) is 18.2. The number of nitrogens with zero attached hydrogens (tertiary/aromatic N) is 3. The minimum atomic E-state index is -2.98. The van der Waals surface area contributed by atoms with E-state index in [0.29, 0.717) is 12.1 Å². The lowest BCUT2D eigenvalue weighted by Gasteiger charge is -2.39. The quantitative estimate of drug-likeness (QED) is 0.520. The molecule has 1 aliphatic carbocycles. The molecular formula is C19H29BrN3OP. The van der Waals surface area contributed by atoms with Crippen molar-refractivity contribution in [1.82, 2.24) is 9.34 Å². The van der Waals surface area contributed by atoms with Gasteiger partial charge in [-0.15, -0.1) is 14.1 Å². The Kier molecular flexibility index (Phi) is 6.02. The van der Waals surface area contributed by atoms with Gasteiger partial charge in [0, 0.05) is 22.1 Å². The first-order valence-electron chi connectivity index (χ1n) is 9.34. The zero-order valence-electron chi connectivity index (χ0n) is 15.6. The molecule has 2 aliphatic rings. The first kappa shape index (κ1) is 19.4. The summed E-state index contributed by atoms with van der Waals surface area (Å²) in [5.74, 6) is 0. The van der Waals surface area contributed by atoms with E-state index in [-0.39, 0.29) is 12.1 Å². The van der Waals surface area contributed by atoms with E-state index in [4.69, 9.17) is 4.76 Å². The van der Waals surface area contributed by atoms with Crippen LogP contribution in [-0.2, 0) is 0 Å². The maximum atomic E-state index is 14.2. The Balaban J connectivity index is 2.02. The van der Waals surface area contributed by atoms with Crippen LogP contribution in [0.1, 0.15) is 58.9 Å². The monoisotopic (exact) mass is 425 g/mol. The molecule has 1 heterocycles. The number of halogens is 1. The van der Waals surface area contributed by atoms with Crippen molar-refractivity contribution < 1.29 is 4.89 Å². The SMILES string of the molecule is CC(C)N1[C@H]2CCCC[C@@H]2N(C(C)C)[P+]1([O-])/N=C/c1ccccc1Br. The number of rotatable bonds is 4. The molecule has 3 rings (SSSR count). The molecule has 2 fully saturated rings. The van der Waals surface area contributed by atoms with E-state index in [2.05, 4.69) is 53.0 Å². The van der Waals surface area contributed by atoms with Gasteiger partial charge in [0.1, 0.15) is 0 Å². The van der Waals surface area contributed by atoms with Crippen LogP contribution in [0.4, 0.5) is 0 Å². The minimum Gasteiger partial charge on any atom is -0.630 e. The number of hydrogen-bond donors (Lipinski definition) is 0. The van der Waals surface area contributed by atoms with Crippen LogP contribution in [0.3, 0.4) is 0 Å². The zero-order valence-corrected chi connectivity index (χ0v) is 18.1. The highest BCUT2D eigenvalue weighted by atomic mass is 79.9. The van der Waals surface area contributed by atoms with Crippen molar-refractivity contribution in [2.24, 2.45) is 4.76 Å². The maximum absolute atomic E-state index is 14.2. The molecule has 0 radical (unpaired) electrons. The molecule has 2 atom stereocenters. The molecule has 0 N–H and O–H groups in total. The molecule has 25 heavy (non-hydrogen) atoms. The smallest absolute Gasteiger partial charge is 0.238 e. The van der Waals surface area contributed by atoms with Gasteiger partial charge in [0.15, 0.2) is 0 Å². The van der Waals surface area contributed by atoms with E-state index in [9.17, 15) is 4.89 Å². The number of hydrogen-bond acceptors (Lipinski definition) is 4. The fourth-order valence-corrected chi connectivity index (χ4v) is 8.07. The predicted octanol–water partition coefficient (Wildman–Crippen LogP) is 4.65. The molecule has 0 spiro atoms. The second-order valence-electron chi connectivity index (χ2n) is 7.65. The molecule has 0 aromatic heterocycles. The summed E-state index contributed by atoms with van der Waals surface area (Å²) in [5.41, 5.74) is 0.972. The normalized spacial score (nSPS) is 27.5. The van der Waals surface area contributed by atoms with Crippen LogP contribution in [0.15, 0.2) is 33.5 Å². The van der Waals surface area contributed by atoms with Gasteiger partial charge in [-0.2, -0.15) is 0 Å². The summed E-state index contributed by atoms with van der Waals surface area (Å²) in [7, 11) is -2.98. The molecule has 1 aromatic carbocycles. The Morgan fingerprint density at radius 3 is 2.08 bits per heavy atom. The maximum Gasteiger partial charge on any atom is 0.238 e. The Hall–Kier alpha value is -0.320. The van der Waals surface area contributed by atoms with Crippen LogP contribution in [-0.4, -0.2) is 39.7 Å². The van der Waals surface area contributed by atoms with Gasteiger partial charge in [0.25, 0.3) is 0 Å². The third-order valence-electron chi connectivity index (χ3n) is 5.29. The third-order valence-corrected chi connectivity index (χ3v) is 9.14. The van der Waals surface area contributed by atoms with Crippen LogP contribution in [0.2, 0.25) is 0 Å². The predicted molar refractivity (Wildman–Crippen MR) is 109 cm³/mol. The van der Waals surface area contributed by atoms with E-state index >= 15 is 0 Å². The standard InChI is InChI=1S/C19H29BrN3OP/c1-14(2)22-18-11-7-8-12-19(18)23(15(3)4)25(22,24)21-13-16-9-5-6-10-17(16)20/h5-6,9-10,13-15,18-19H,7-8,11-12H2,1-4H3/b21-13+/t18-,19-/m0/s1. The fourth-order valence-electron chi connectivity index (χ4n) is 4.42. The van der Waals surface area contributed by atoms with E-state index in [1.807, 2.05) is 24.3 Å². The molecule has 1 aromatic rings. The highest BCUT2D eigenvalue weighted by Gasteiger charge is 2.61. The summed E-state index contributed by atoms with van der Waals surface area (Å²) in [6.07, 6.45) is 6.50. The van der Waals surface area contributed by atoms with Crippen molar-refractivity contribution in [2.75, 3.05) is 0 Å². The molecule has 0 amide bonds. The summed E-state index contributed by atoms with van der Waals surface area (Å²) in [5, 5.41) is 0. The first-order valence-corrected chi connectivity index (χ1v) is 11.7. The second-order valence-corrected chi connectivity index (χ2v) is 10.7. The summed E-state index contributed by atoms with van der Waals surface area (Å²) >= 11 is 3.56. The number of fused-ring (bicyclic) bond motifs is 1. The average molecular weight is 426 g/mol. The molecule has 6 heteroatoms. The Labute approximate surface area is 161 Å². The van der Waals surface area contributed by atoms with E-state index in [1.165, 1.54) is 12.8 Å². The second kappa shape index (κ2) is 7.74. The van der Waals surface area contributed by atoms with Gasteiger partial charge in [-0.3, -0.25) is 0 Å². The van der Waals surface area contributed by atoms with Gasteiger partial charge in [-0.05, 0) is 46.6 Å². The summed E-state index contributed by atoms with van der Waals surface area (Å²) in [4.78, 5) is 14.2. The topological polar surface area (TPSA) is 41.9 Å².